The summed E-state index contributed by atoms with van der Waals surface area (Å²) in [6, 6.07) is 3.62. The minimum Gasteiger partial charge on any atom is -0.480 e. The van der Waals surface area contributed by atoms with Crippen molar-refractivity contribution in [3.05, 3.63) is 29.3 Å². The Labute approximate surface area is 112 Å². The Kier molecular flexibility index (Phi) is 4.70. The van der Waals surface area contributed by atoms with E-state index in [-0.39, 0.29) is 11.3 Å². The lowest BCUT2D eigenvalue weighted by molar-refractivity contribution is -0.138. The van der Waals surface area contributed by atoms with E-state index in [1.807, 2.05) is 0 Å². The monoisotopic (exact) mass is 281 g/mol. The van der Waals surface area contributed by atoms with Crippen LogP contribution in [0.25, 0.3) is 0 Å². The van der Waals surface area contributed by atoms with Gasteiger partial charge in [-0.1, -0.05) is 12.1 Å². The van der Waals surface area contributed by atoms with Crippen LogP contribution in [0.2, 0.25) is 0 Å². The maximum Gasteiger partial charge on any atom is 0.322 e. The Morgan fingerprint density at radius 3 is 2.63 bits per heavy atom. The minimum atomic E-state index is -3.91. The molecule has 0 bridgehead atoms. The molecular weight excluding hydrogens is 266 g/mol. The molecule has 6 heteroatoms. The molecule has 19 heavy (non-hydrogen) atoms. The van der Waals surface area contributed by atoms with Crippen molar-refractivity contribution >= 4 is 16.0 Å². The van der Waals surface area contributed by atoms with Crippen LogP contribution in [-0.4, -0.2) is 25.5 Å². The second-order valence-corrected chi connectivity index (χ2v) is 5.87. The van der Waals surface area contributed by atoms with Crippen molar-refractivity contribution in [2.45, 2.75) is 31.2 Å². The zero-order valence-electron chi connectivity index (χ0n) is 10.7. The molecule has 0 aromatic heterocycles. The van der Waals surface area contributed by atoms with E-state index >= 15 is 0 Å². The molecule has 0 saturated heterocycles. The Morgan fingerprint density at radius 1 is 1.47 bits per heavy atom. The van der Waals surface area contributed by atoms with Gasteiger partial charge in [0.15, 0.2) is 0 Å². The smallest absolute Gasteiger partial charge is 0.322 e. The second-order valence-electron chi connectivity index (χ2n) is 4.19. The summed E-state index contributed by atoms with van der Waals surface area (Å²) >= 11 is 0. The van der Waals surface area contributed by atoms with Gasteiger partial charge in [-0.15, -0.1) is 12.3 Å². The predicted molar refractivity (Wildman–Crippen MR) is 71.1 cm³/mol. The van der Waals surface area contributed by atoms with Crippen molar-refractivity contribution in [1.29, 1.82) is 0 Å². The number of hydrogen-bond acceptors (Lipinski definition) is 3. The molecule has 1 atom stereocenters. The molecule has 0 saturated carbocycles. The zero-order valence-corrected chi connectivity index (χ0v) is 11.5. The quantitative estimate of drug-likeness (QED) is 0.790. The summed E-state index contributed by atoms with van der Waals surface area (Å²) in [5, 5.41) is 8.92. The first-order valence-corrected chi connectivity index (χ1v) is 7.02. The standard InChI is InChI=1S/C13H15NO4S/c1-4-5-11(13(15)16)14-19(17,18)12-8-9(2)6-7-10(12)3/h1,6-8,11,14H,5H2,2-3H3,(H,15,16). The molecule has 1 rings (SSSR count). The van der Waals surface area contributed by atoms with Gasteiger partial charge in [-0.25, -0.2) is 8.42 Å². The van der Waals surface area contributed by atoms with Crippen LogP contribution in [0.15, 0.2) is 23.1 Å². The van der Waals surface area contributed by atoms with Crippen molar-refractivity contribution in [3.8, 4) is 12.3 Å². The Bertz CT molecular complexity index is 629. The number of carbonyl (C=O) groups is 1. The lowest BCUT2D eigenvalue weighted by atomic mass is 10.2. The fraction of sp³-hybridized carbons (Fsp3) is 0.308. The number of aliphatic carboxylic acids is 1. The molecule has 0 aliphatic carbocycles. The number of sulfonamides is 1. The van der Waals surface area contributed by atoms with Gasteiger partial charge in [0.05, 0.1) is 4.90 Å². The van der Waals surface area contributed by atoms with E-state index in [4.69, 9.17) is 11.5 Å². The van der Waals surface area contributed by atoms with Crippen LogP contribution in [0.3, 0.4) is 0 Å². The Morgan fingerprint density at radius 2 is 2.11 bits per heavy atom. The van der Waals surface area contributed by atoms with Crippen LogP contribution < -0.4 is 4.72 Å². The van der Waals surface area contributed by atoms with Gasteiger partial charge in [-0.2, -0.15) is 4.72 Å². The van der Waals surface area contributed by atoms with E-state index in [1.54, 1.807) is 26.0 Å². The Balaban J connectivity index is 3.14. The second kappa shape index (κ2) is 5.87. The van der Waals surface area contributed by atoms with Crippen molar-refractivity contribution < 1.29 is 18.3 Å². The minimum absolute atomic E-state index is 0.0655. The maximum absolute atomic E-state index is 12.2. The highest BCUT2D eigenvalue weighted by Crippen LogP contribution is 2.17. The van der Waals surface area contributed by atoms with Gasteiger partial charge in [-0.3, -0.25) is 4.79 Å². The lowest BCUT2D eigenvalue weighted by Crippen LogP contribution is -2.40. The molecule has 0 aliphatic rings. The molecule has 0 spiro atoms. The van der Waals surface area contributed by atoms with Gasteiger partial charge in [0, 0.05) is 6.42 Å². The summed E-state index contributed by atoms with van der Waals surface area (Å²) < 4.78 is 26.4. The van der Waals surface area contributed by atoms with E-state index in [0.29, 0.717) is 5.56 Å². The van der Waals surface area contributed by atoms with Gasteiger partial charge in [-0.05, 0) is 31.0 Å². The topological polar surface area (TPSA) is 83.5 Å². The number of benzene rings is 1. The molecule has 0 aliphatic heterocycles. The van der Waals surface area contributed by atoms with E-state index in [2.05, 4.69) is 10.6 Å². The highest BCUT2D eigenvalue weighted by atomic mass is 32.2. The third kappa shape index (κ3) is 3.81. The molecule has 1 unspecified atom stereocenters. The number of carboxylic acids is 1. The van der Waals surface area contributed by atoms with Crippen LogP contribution in [0.4, 0.5) is 0 Å². The van der Waals surface area contributed by atoms with Crippen molar-refractivity contribution in [3.63, 3.8) is 0 Å². The van der Waals surface area contributed by atoms with Gasteiger partial charge >= 0.3 is 5.97 Å². The highest BCUT2D eigenvalue weighted by Gasteiger charge is 2.25. The summed E-state index contributed by atoms with van der Waals surface area (Å²) in [6.07, 6.45) is 4.82. The zero-order chi connectivity index (χ0) is 14.6. The third-order valence-corrected chi connectivity index (χ3v) is 4.16. The number of aryl methyl sites for hydroxylation is 2. The molecule has 0 amide bonds. The molecule has 1 aromatic rings. The van der Waals surface area contributed by atoms with Crippen LogP contribution in [0.1, 0.15) is 17.5 Å². The van der Waals surface area contributed by atoms with Crippen LogP contribution in [0, 0.1) is 26.2 Å². The van der Waals surface area contributed by atoms with E-state index < -0.39 is 22.0 Å². The molecule has 5 nitrogen and oxygen atoms in total. The van der Waals surface area contributed by atoms with Crippen LogP contribution in [0.5, 0.6) is 0 Å². The summed E-state index contributed by atoms with van der Waals surface area (Å²) in [5.74, 6) is 0.842. The molecular formula is C13H15NO4S. The normalized spacial score (nSPS) is 12.7. The average molecular weight is 281 g/mol. The summed E-state index contributed by atoms with van der Waals surface area (Å²) in [4.78, 5) is 11.0. The number of terminal acetylenes is 1. The first-order valence-electron chi connectivity index (χ1n) is 5.54. The maximum atomic E-state index is 12.2. The number of rotatable bonds is 5. The fourth-order valence-corrected chi connectivity index (χ4v) is 3.06. The van der Waals surface area contributed by atoms with E-state index in [0.717, 1.165) is 5.56 Å². The van der Waals surface area contributed by atoms with E-state index in [1.165, 1.54) is 6.07 Å². The van der Waals surface area contributed by atoms with Crippen molar-refractivity contribution in [2.24, 2.45) is 0 Å². The summed E-state index contributed by atoms with van der Waals surface area (Å²) in [6.45, 7) is 3.40. The number of nitrogens with one attached hydrogen (secondary N) is 1. The molecule has 0 radical (unpaired) electrons. The number of carboxylic acid groups (broad SMARTS) is 1. The van der Waals surface area contributed by atoms with Crippen molar-refractivity contribution in [1.82, 2.24) is 4.72 Å². The fourth-order valence-electron chi connectivity index (χ4n) is 1.54. The highest BCUT2D eigenvalue weighted by molar-refractivity contribution is 7.89. The van der Waals surface area contributed by atoms with E-state index in [9.17, 15) is 13.2 Å². The van der Waals surface area contributed by atoms with Gasteiger partial charge in [0.2, 0.25) is 10.0 Å². The molecule has 1 aromatic carbocycles. The molecule has 0 heterocycles. The lowest BCUT2D eigenvalue weighted by Gasteiger charge is -2.14. The predicted octanol–water partition coefficient (Wildman–Crippen LogP) is 1.06. The number of hydrogen-bond donors (Lipinski definition) is 2. The van der Waals surface area contributed by atoms with Crippen LogP contribution in [-0.2, 0) is 14.8 Å². The SMILES string of the molecule is C#CCC(NS(=O)(=O)c1cc(C)ccc1C)C(=O)O. The van der Waals surface area contributed by atoms with Gasteiger partial charge < -0.3 is 5.11 Å². The largest absolute Gasteiger partial charge is 0.480 e. The average Bonchev–Trinajstić information content (AvgIpc) is 2.31. The molecule has 0 fully saturated rings. The Hall–Kier alpha value is -1.84. The first-order chi connectivity index (χ1) is 8.77. The molecule has 102 valence electrons. The first kappa shape index (κ1) is 15.2. The summed E-state index contributed by atoms with van der Waals surface area (Å²) in [5.41, 5.74) is 1.32. The summed E-state index contributed by atoms with van der Waals surface area (Å²) in [7, 11) is -3.91. The van der Waals surface area contributed by atoms with Crippen LogP contribution >= 0.6 is 0 Å². The van der Waals surface area contributed by atoms with Gasteiger partial charge in [0.25, 0.3) is 0 Å². The van der Waals surface area contributed by atoms with Gasteiger partial charge in [0.1, 0.15) is 6.04 Å². The third-order valence-electron chi connectivity index (χ3n) is 2.55. The molecule has 2 N–H and O–H groups in total. The van der Waals surface area contributed by atoms with Crippen molar-refractivity contribution in [2.75, 3.05) is 0 Å².